The van der Waals surface area contributed by atoms with Crippen LogP contribution in [0.4, 0.5) is 0 Å². The average molecular weight is 395 g/mol. The van der Waals surface area contributed by atoms with Crippen LogP contribution in [0.2, 0.25) is 0 Å². The van der Waals surface area contributed by atoms with Crippen LogP contribution >= 0.6 is 0 Å². The Morgan fingerprint density at radius 1 is 1.07 bits per heavy atom. The Morgan fingerprint density at radius 2 is 1.69 bits per heavy atom. The lowest BCUT2D eigenvalue weighted by Crippen LogP contribution is -2.37. The van der Waals surface area contributed by atoms with Crippen molar-refractivity contribution in [2.45, 2.75) is 33.4 Å². The fraction of sp³-hybridized carbons (Fsp3) is 0.318. The first-order chi connectivity index (χ1) is 13.9. The van der Waals surface area contributed by atoms with E-state index in [4.69, 9.17) is 14.0 Å². The van der Waals surface area contributed by atoms with Gasteiger partial charge in [0.2, 0.25) is 11.7 Å². The summed E-state index contributed by atoms with van der Waals surface area (Å²) < 4.78 is 16.2. The van der Waals surface area contributed by atoms with Crippen LogP contribution < -0.4 is 9.47 Å². The highest BCUT2D eigenvalue weighted by Crippen LogP contribution is 2.30. The van der Waals surface area contributed by atoms with Gasteiger partial charge in [0.25, 0.3) is 5.91 Å². The zero-order valence-electron chi connectivity index (χ0n) is 17.3. The maximum absolute atomic E-state index is 13.3. The number of aromatic nitrogens is 2. The number of methoxy groups -OCH3 is 2. The summed E-state index contributed by atoms with van der Waals surface area (Å²) in [7, 11) is 3.05. The lowest BCUT2D eigenvalue weighted by molar-refractivity contribution is 0.0660. The summed E-state index contributed by atoms with van der Waals surface area (Å²) in [6.45, 7) is 6.05. The molecule has 0 saturated heterocycles. The second-order valence-corrected chi connectivity index (χ2v) is 6.94. The van der Waals surface area contributed by atoms with Gasteiger partial charge in [0.1, 0.15) is 23.6 Å². The van der Waals surface area contributed by atoms with Gasteiger partial charge in [-0.1, -0.05) is 41.1 Å². The molecule has 0 bridgehead atoms. The first kappa shape index (κ1) is 20.4. The standard InChI is InChI=1S/C22H25N3O4/c1-14(2)25(22(26)20-17(27-4)7-6-8-18(20)28-5)13-19-23-21(24-29-19)16-11-9-15(3)10-12-16/h6-12,14H,13H2,1-5H3. The number of rotatable bonds is 7. The maximum Gasteiger partial charge on any atom is 0.262 e. The lowest BCUT2D eigenvalue weighted by atomic mass is 10.1. The van der Waals surface area contributed by atoms with Crippen LogP contribution in [0.25, 0.3) is 11.4 Å². The molecular formula is C22H25N3O4. The predicted octanol–water partition coefficient (Wildman–Crippen LogP) is 4.11. The summed E-state index contributed by atoms with van der Waals surface area (Å²) in [6, 6.07) is 13.0. The minimum absolute atomic E-state index is 0.105. The Morgan fingerprint density at radius 3 is 2.24 bits per heavy atom. The zero-order chi connectivity index (χ0) is 21.0. The largest absolute Gasteiger partial charge is 0.496 e. The Hall–Kier alpha value is -3.35. The van der Waals surface area contributed by atoms with E-state index in [1.165, 1.54) is 14.2 Å². The molecule has 29 heavy (non-hydrogen) atoms. The number of hydrogen-bond donors (Lipinski definition) is 0. The van der Waals surface area contributed by atoms with Gasteiger partial charge in [-0.3, -0.25) is 4.79 Å². The Kier molecular flexibility index (Phi) is 6.16. The highest BCUT2D eigenvalue weighted by molar-refractivity contribution is 5.99. The highest BCUT2D eigenvalue weighted by atomic mass is 16.5. The summed E-state index contributed by atoms with van der Waals surface area (Å²) in [5, 5.41) is 4.05. The number of carbonyl (C=O) groups excluding carboxylic acids is 1. The van der Waals surface area contributed by atoms with E-state index in [1.807, 2.05) is 45.0 Å². The number of benzene rings is 2. The molecule has 3 aromatic rings. The molecule has 2 aromatic carbocycles. The SMILES string of the molecule is COc1cccc(OC)c1C(=O)N(Cc1nc(-c2ccc(C)cc2)no1)C(C)C. The molecule has 0 atom stereocenters. The van der Waals surface area contributed by atoms with Gasteiger partial charge in [-0.2, -0.15) is 4.98 Å². The van der Waals surface area contributed by atoms with Crippen molar-refractivity contribution < 1.29 is 18.8 Å². The van der Waals surface area contributed by atoms with Crippen molar-refractivity contribution in [1.82, 2.24) is 15.0 Å². The molecule has 0 saturated carbocycles. The van der Waals surface area contributed by atoms with Gasteiger partial charge in [-0.15, -0.1) is 0 Å². The molecule has 0 aliphatic heterocycles. The van der Waals surface area contributed by atoms with E-state index >= 15 is 0 Å². The smallest absolute Gasteiger partial charge is 0.262 e. The van der Waals surface area contributed by atoms with E-state index in [2.05, 4.69) is 10.1 Å². The number of nitrogens with zero attached hydrogens (tertiary/aromatic N) is 3. The third-order valence-electron chi connectivity index (χ3n) is 4.61. The molecule has 0 spiro atoms. The summed E-state index contributed by atoms with van der Waals surface area (Å²) in [6.07, 6.45) is 0. The van der Waals surface area contributed by atoms with Crippen molar-refractivity contribution >= 4 is 5.91 Å². The van der Waals surface area contributed by atoms with E-state index in [0.29, 0.717) is 28.8 Å². The van der Waals surface area contributed by atoms with Gasteiger partial charge < -0.3 is 18.9 Å². The summed E-state index contributed by atoms with van der Waals surface area (Å²) in [5.74, 6) is 1.52. The molecular weight excluding hydrogens is 370 g/mol. The van der Waals surface area contributed by atoms with Gasteiger partial charge in [-0.05, 0) is 32.9 Å². The Bertz CT molecular complexity index is 958. The minimum Gasteiger partial charge on any atom is -0.496 e. The number of hydrogen-bond acceptors (Lipinski definition) is 6. The number of amides is 1. The summed E-state index contributed by atoms with van der Waals surface area (Å²) >= 11 is 0. The van der Waals surface area contributed by atoms with Gasteiger partial charge >= 0.3 is 0 Å². The molecule has 3 rings (SSSR count). The summed E-state index contributed by atoms with van der Waals surface area (Å²) in [5.41, 5.74) is 2.38. The third kappa shape index (κ3) is 4.39. The van der Waals surface area contributed by atoms with Crippen LogP contribution in [0.3, 0.4) is 0 Å². The van der Waals surface area contributed by atoms with Gasteiger partial charge in [0.05, 0.1) is 14.2 Å². The number of aryl methyl sites for hydroxylation is 1. The van der Waals surface area contributed by atoms with E-state index in [1.54, 1.807) is 23.1 Å². The maximum atomic E-state index is 13.3. The quantitative estimate of drug-likeness (QED) is 0.599. The second kappa shape index (κ2) is 8.77. The molecule has 1 heterocycles. The van der Waals surface area contributed by atoms with E-state index < -0.39 is 0 Å². The topological polar surface area (TPSA) is 77.7 Å². The van der Waals surface area contributed by atoms with Crippen LogP contribution in [0.5, 0.6) is 11.5 Å². The number of ether oxygens (including phenoxy) is 2. The van der Waals surface area contributed by atoms with E-state index in [0.717, 1.165) is 11.1 Å². The average Bonchev–Trinajstić information content (AvgIpc) is 3.19. The van der Waals surface area contributed by atoms with Gasteiger partial charge in [0.15, 0.2) is 0 Å². The minimum atomic E-state index is -0.232. The molecule has 1 amide bonds. The molecule has 152 valence electrons. The second-order valence-electron chi connectivity index (χ2n) is 6.94. The molecule has 0 N–H and O–H groups in total. The van der Waals surface area contributed by atoms with Crippen LogP contribution in [0.1, 0.15) is 35.7 Å². The van der Waals surface area contributed by atoms with Crippen LogP contribution in [-0.2, 0) is 6.54 Å². The fourth-order valence-corrected chi connectivity index (χ4v) is 2.98. The molecule has 0 aliphatic rings. The molecule has 7 nitrogen and oxygen atoms in total. The van der Waals surface area contributed by atoms with Crippen LogP contribution in [0, 0.1) is 6.92 Å². The van der Waals surface area contributed by atoms with E-state index in [9.17, 15) is 4.79 Å². The van der Waals surface area contributed by atoms with Crippen LogP contribution in [-0.4, -0.2) is 41.2 Å². The monoisotopic (exact) mass is 395 g/mol. The van der Waals surface area contributed by atoms with E-state index in [-0.39, 0.29) is 18.5 Å². The third-order valence-corrected chi connectivity index (χ3v) is 4.61. The Labute approximate surface area is 170 Å². The normalized spacial score (nSPS) is 10.8. The predicted molar refractivity (Wildman–Crippen MR) is 109 cm³/mol. The number of carbonyl (C=O) groups is 1. The van der Waals surface area contributed by atoms with Crippen LogP contribution in [0.15, 0.2) is 47.0 Å². The van der Waals surface area contributed by atoms with Crippen molar-refractivity contribution in [1.29, 1.82) is 0 Å². The molecule has 1 aromatic heterocycles. The van der Waals surface area contributed by atoms with Crippen molar-refractivity contribution in [2.24, 2.45) is 0 Å². The summed E-state index contributed by atoms with van der Waals surface area (Å²) in [4.78, 5) is 19.4. The van der Waals surface area contributed by atoms with Gasteiger partial charge in [0, 0.05) is 11.6 Å². The molecule has 0 unspecified atom stereocenters. The molecule has 0 fully saturated rings. The first-order valence-corrected chi connectivity index (χ1v) is 9.36. The Balaban J connectivity index is 1.88. The fourth-order valence-electron chi connectivity index (χ4n) is 2.98. The highest BCUT2D eigenvalue weighted by Gasteiger charge is 2.27. The van der Waals surface area contributed by atoms with Gasteiger partial charge in [-0.25, -0.2) is 0 Å². The zero-order valence-corrected chi connectivity index (χ0v) is 17.3. The van der Waals surface area contributed by atoms with Crippen molar-refractivity contribution in [3.8, 4) is 22.9 Å². The lowest BCUT2D eigenvalue weighted by Gasteiger charge is -2.26. The van der Waals surface area contributed by atoms with Crippen molar-refractivity contribution in [3.63, 3.8) is 0 Å². The molecule has 0 radical (unpaired) electrons. The van der Waals surface area contributed by atoms with Crippen molar-refractivity contribution in [3.05, 3.63) is 59.5 Å². The van der Waals surface area contributed by atoms with Crippen molar-refractivity contribution in [2.75, 3.05) is 14.2 Å². The molecule has 7 heteroatoms. The molecule has 0 aliphatic carbocycles. The first-order valence-electron chi connectivity index (χ1n) is 9.36.